The number of carbonyl (C=O) groups excluding carboxylic acids is 1. The molecular weight excluding hydrogens is 545 g/mol. The molecule has 0 spiro atoms. The van der Waals surface area contributed by atoms with Crippen molar-refractivity contribution < 1.29 is 9.18 Å². The van der Waals surface area contributed by atoms with Gasteiger partial charge in [0.2, 0.25) is 5.91 Å². The highest BCUT2D eigenvalue weighted by molar-refractivity contribution is 6.32. The van der Waals surface area contributed by atoms with Crippen molar-refractivity contribution in [2.45, 2.75) is 52.6 Å². The number of aryl methyl sites for hydroxylation is 1. The Hall–Kier alpha value is -4.18. The number of hydrogen-bond donors (Lipinski definition) is 0. The Morgan fingerprint density at radius 3 is 2.44 bits per heavy atom. The highest BCUT2D eigenvalue weighted by atomic mass is 35.5. The van der Waals surface area contributed by atoms with Crippen LogP contribution in [0.25, 0.3) is 28.1 Å². The van der Waals surface area contributed by atoms with Gasteiger partial charge in [0, 0.05) is 36.9 Å². The second-order valence-corrected chi connectivity index (χ2v) is 11.0. The van der Waals surface area contributed by atoms with E-state index in [-0.39, 0.29) is 51.5 Å². The van der Waals surface area contributed by atoms with E-state index in [0.717, 1.165) is 5.56 Å². The van der Waals surface area contributed by atoms with Crippen LogP contribution in [0.5, 0.6) is 0 Å². The lowest BCUT2D eigenvalue weighted by atomic mass is 10.0. The third kappa shape index (κ3) is 4.97. The van der Waals surface area contributed by atoms with Crippen molar-refractivity contribution in [3.8, 4) is 16.9 Å². The van der Waals surface area contributed by atoms with Crippen LogP contribution in [0.3, 0.4) is 0 Å². The van der Waals surface area contributed by atoms with Crippen molar-refractivity contribution in [1.82, 2.24) is 29.4 Å². The summed E-state index contributed by atoms with van der Waals surface area (Å²) in [6.45, 7) is 14.2. The summed E-state index contributed by atoms with van der Waals surface area (Å²) in [6.07, 6.45) is 2.99. The quantitative estimate of drug-likeness (QED) is 0.306. The second-order valence-electron chi connectivity index (χ2n) is 10.6. The molecule has 1 saturated heterocycles. The van der Waals surface area contributed by atoms with Gasteiger partial charge in [-0.3, -0.25) is 9.78 Å². The molecule has 1 aromatic carbocycles. The number of aromatic nitrogens is 5. The zero-order valence-corrected chi connectivity index (χ0v) is 24.4. The molecule has 41 heavy (non-hydrogen) atoms. The Morgan fingerprint density at radius 1 is 1.12 bits per heavy atom. The smallest absolute Gasteiger partial charge is 0.346 e. The molecule has 11 heteroatoms. The van der Waals surface area contributed by atoms with E-state index >= 15 is 0 Å². The van der Waals surface area contributed by atoms with E-state index in [9.17, 15) is 14.0 Å². The predicted octanol–water partition coefficient (Wildman–Crippen LogP) is 5.07. The van der Waals surface area contributed by atoms with Gasteiger partial charge in [-0.2, -0.15) is 4.98 Å². The van der Waals surface area contributed by atoms with E-state index in [1.165, 1.54) is 16.7 Å². The Labute approximate surface area is 242 Å². The maximum atomic E-state index is 14.9. The normalized spacial score (nSPS) is 17.4. The summed E-state index contributed by atoms with van der Waals surface area (Å²) in [5.74, 6) is -0.401. The van der Waals surface area contributed by atoms with E-state index in [0.29, 0.717) is 30.3 Å². The fourth-order valence-electron chi connectivity index (χ4n) is 5.54. The van der Waals surface area contributed by atoms with E-state index in [1.807, 2.05) is 45.6 Å². The third-order valence-corrected chi connectivity index (χ3v) is 7.62. The van der Waals surface area contributed by atoms with Crippen LogP contribution in [0, 0.1) is 12.7 Å². The minimum Gasteiger partial charge on any atom is -0.346 e. The standard InChI is InChI=1S/C30H31ClFN7O2/c1-7-22(40)37-14-18(5)38(19(6)15-37)29-25-28(35-24(27(31)34-25)20-10-8-9-11-21(20)32)39(30(41)36-29)26-17(4)12-13-33-23(26)16(2)3/h7-13,16,18-19H,1,14-15H2,2-6H3. The van der Waals surface area contributed by atoms with E-state index in [1.54, 1.807) is 29.3 Å². The van der Waals surface area contributed by atoms with Crippen LogP contribution >= 0.6 is 11.6 Å². The van der Waals surface area contributed by atoms with Crippen LogP contribution in [0.15, 0.2) is 54.0 Å². The molecule has 9 nitrogen and oxygen atoms in total. The van der Waals surface area contributed by atoms with E-state index in [4.69, 9.17) is 21.6 Å². The van der Waals surface area contributed by atoms with Crippen LogP contribution in [0.2, 0.25) is 5.15 Å². The number of fused-ring (bicyclic) bond motifs is 1. The van der Waals surface area contributed by atoms with Gasteiger partial charge < -0.3 is 9.80 Å². The molecule has 0 aliphatic carbocycles. The number of piperazine rings is 1. The summed E-state index contributed by atoms with van der Waals surface area (Å²) in [7, 11) is 0. The fraction of sp³-hybridized carbons (Fsp3) is 0.333. The molecule has 5 rings (SSSR count). The number of benzene rings is 1. The molecule has 0 N–H and O–H groups in total. The first-order chi connectivity index (χ1) is 19.5. The predicted molar refractivity (Wildman–Crippen MR) is 158 cm³/mol. The van der Waals surface area contributed by atoms with E-state index < -0.39 is 11.5 Å². The summed E-state index contributed by atoms with van der Waals surface area (Å²) in [5.41, 5.74) is 2.20. The molecule has 212 valence electrons. The average Bonchev–Trinajstić information content (AvgIpc) is 2.93. The van der Waals surface area contributed by atoms with Crippen molar-refractivity contribution in [3.63, 3.8) is 0 Å². The first-order valence-electron chi connectivity index (χ1n) is 13.4. The molecule has 1 fully saturated rings. The summed E-state index contributed by atoms with van der Waals surface area (Å²) in [5, 5.41) is -0.0244. The molecule has 0 radical (unpaired) electrons. The summed E-state index contributed by atoms with van der Waals surface area (Å²) < 4.78 is 16.3. The van der Waals surface area contributed by atoms with E-state index in [2.05, 4.69) is 16.5 Å². The number of carbonyl (C=O) groups is 1. The Morgan fingerprint density at radius 2 is 1.80 bits per heavy atom. The minimum atomic E-state index is -0.578. The Bertz CT molecular complexity index is 1730. The average molecular weight is 576 g/mol. The van der Waals surface area contributed by atoms with Gasteiger partial charge in [-0.05, 0) is 56.5 Å². The second kappa shape index (κ2) is 11.0. The van der Waals surface area contributed by atoms with Gasteiger partial charge in [0.1, 0.15) is 11.5 Å². The van der Waals surface area contributed by atoms with Crippen LogP contribution in [-0.2, 0) is 4.79 Å². The third-order valence-electron chi connectivity index (χ3n) is 7.35. The Balaban J connectivity index is 1.84. The van der Waals surface area contributed by atoms with Gasteiger partial charge in [-0.15, -0.1) is 0 Å². The number of nitrogens with zero attached hydrogens (tertiary/aromatic N) is 7. The lowest BCUT2D eigenvalue weighted by Gasteiger charge is -2.45. The van der Waals surface area contributed by atoms with Crippen molar-refractivity contribution >= 4 is 34.5 Å². The number of pyridine rings is 1. The van der Waals surface area contributed by atoms with Gasteiger partial charge >= 0.3 is 5.69 Å². The molecule has 4 aromatic rings. The summed E-state index contributed by atoms with van der Waals surface area (Å²) in [6, 6.07) is 7.52. The number of halogens is 2. The molecule has 1 amide bonds. The van der Waals surface area contributed by atoms with Gasteiger partial charge in [-0.1, -0.05) is 44.2 Å². The molecule has 3 aromatic heterocycles. The first kappa shape index (κ1) is 28.4. The van der Waals surface area contributed by atoms with Gasteiger partial charge in [0.05, 0.1) is 11.4 Å². The number of rotatable bonds is 5. The molecule has 2 unspecified atom stereocenters. The topological polar surface area (TPSA) is 97.1 Å². The number of anilines is 1. The number of amides is 1. The first-order valence-corrected chi connectivity index (χ1v) is 13.8. The summed E-state index contributed by atoms with van der Waals surface area (Å²) >= 11 is 6.68. The van der Waals surface area contributed by atoms with Gasteiger partial charge in [0.25, 0.3) is 0 Å². The highest BCUT2D eigenvalue weighted by Gasteiger charge is 2.35. The van der Waals surface area contributed by atoms with Crippen molar-refractivity contribution in [2.24, 2.45) is 0 Å². The fourth-order valence-corrected chi connectivity index (χ4v) is 5.77. The van der Waals surface area contributed by atoms with Crippen molar-refractivity contribution in [1.29, 1.82) is 0 Å². The molecule has 0 saturated carbocycles. The zero-order chi connectivity index (χ0) is 29.6. The van der Waals surface area contributed by atoms with Gasteiger partial charge in [0.15, 0.2) is 22.1 Å². The minimum absolute atomic E-state index is 0.0201. The van der Waals surface area contributed by atoms with Crippen molar-refractivity contribution in [2.75, 3.05) is 18.0 Å². The maximum Gasteiger partial charge on any atom is 0.356 e. The van der Waals surface area contributed by atoms with Crippen LogP contribution in [0.4, 0.5) is 10.2 Å². The lowest BCUT2D eigenvalue weighted by Crippen LogP contribution is -2.58. The van der Waals surface area contributed by atoms with Crippen LogP contribution < -0.4 is 10.6 Å². The molecular formula is C30H31ClFN7O2. The van der Waals surface area contributed by atoms with Crippen LogP contribution in [-0.4, -0.2) is 60.5 Å². The lowest BCUT2D eigenvalue weighted by molar-refractivity contribution is -0.127. The molecule has 2 atom stereocenters. The largest absolute Gasteiger partial charge is 0.356 e. The number of hydrogen-bond acceptors (Lipinski definition) is 7. The SMILES string of the molecule is C=CC(=O)N1CC(C)N(c2nc(=O)n(-c3c(C)ccnc3C(C)C)c3nc(-c4ccccc4F)c(Cl)nc23)C(C)C1. The molecule has 0 bridgehead atoms. The molecule has 1 aliphatic heterocycles. The Kier molecular flexibility index (Phi) is 7.61. The van der Waals surface area contributed by atoms with Crippen molar-refractivity contribution in [3.05, 3.63) is 81.9 Å². The van der Waals surface area contributed by atoms with Crippen LogP contribution in [0.1, 0.15) is 44.9 Å². The monoisotopic (exact) mass is 575 g/mol. The summed E-state index contributed by atoms with van der Waals surface area (Å²) in [4.78, 5) is 48.7. The molecule has 4 heterocycles. The zero-order valence-electron chi connectivity index (χ0n) is 23.6. The maximum absolute atomic E-state index is 14.9. The van der Waals surface area contributed by atoms with Gasteiger partial charge in [-0.25, -0.2) is 23.7 Å². The highest BCUT2D eigenvalue weighted by Crippen LogP contribution is 2.35. The molecule has 1 aliphatic rings.